The van der Waals surface area contributed by atoms with Crippen molar-refractivity contribution in [1.29, 1.82) is 0 Å². The number of hydrogen-bond donors (Lipinski definition) is 0. The van der Waals surface area contributed by atoms with E-state index in [2.05, 4.69) is 88.3 Å². The predicted octanol–water partition coefficient (Wildman–Crippen LogP) is 6.34. The Bertz CT molecular complexity index is 677. The zero-order chi connectivity index (χ0) is 19.9. The Labute approximate surface area is 167 Å². The molecular weight excluding hydrogens is 346 g/mol. The molecule has 2 fully saturated rings. The molecule has 0 radical (unpaired) electrons. The van der Waals surface area contributed by atoms with Crippen LogP contribution in [0.5, 0.6) is 0 Å². The summed E-state index contributed by atoms with van der Waals surface area (Å²) in [4.78, 5) is 2.64. The van der Waals surface area contributed by atoms with Gasteiger partial charge in [-0.25, -0.2) is 0 Å². The fraction of sp³-hybridized carbons (Fsp3) is 0.583. The summed E-state index contributed by atoms with van der Waals surface area (Å²) in [5.41, 5.74) is 1.39. The third kappa shape index (κ3) is 3.39. The van der Waals surface area contributed by atoms with Gasteiger partial charge in [-0.3, -0.25) is 4.90 Å². The highest BCUT2D eigenvalue weighted by Gasteiger charge is 2.60. The maximum Gasteiger partial charge on any atom is 0.192 e. The zero-order valence-corrected chi connectivity index (χ0v) is 18.9. The van der Waals surface area contributed by atoms with Gasteiger partial charge in [-0.1, -0.05) is 69.7 Å². The van der Waals surface area contributed by atoms with Crippen molar-refractivity contribution in [1.82, 2.24) is 4.90 Å². The van der Waals surface area contributed by atoms with Crippen molar-refractivity contribution in [3.63, 3.8) is 0 Å². The summed E-state index contributed by atoms with van der Waals surface area (Å²) in [6.07, 6.45) is 8.14. The van der Waals surface area contributed by atoms with Gasteiger partial charge in [0, 0.05) is 18.0 Å². The van der Waals surface area contributed by atoms with Gasteiger partial charge in [-0.15, -0.1) is 13.2 Å². The molecule has 3 rings (SSSR count). The highest BCUT2D eigenvalue weighted by Crippen LogP contribution is 2.57. The first-order valence-corrected chi connectivity index (χ1v) is 13.3. The normalized spacial score (nSPS) is 31.7. The Hall–Kier alpha value is -1.16. The summed E-state index contributed by atoms with van der Waals surface area (Å²) in [6.45, 7) is 21.0. The van der Waals surface area contributed by atoms with Crippen molar-refractivity contribution in [3.8, 4) is 0 Å². The van der Waals surface area contributed by atoms with Gasteiger partial charge in [0.15, 0.2) is 8.32 Å². The van der Waals surface area contributed by atoms with Gasteiger partial charge < -0.3 is 4.43 Å². The largest absolute Gasteiger partial charge is 0.412 e. The minimum Gasteiger partial charge on any atom is -0.412 e. The first kappa shape index (κ1) is 20.6. The van der Waals surface area contributed by atoms with Crippen LogP contribution in [0.3, 0.4) is 0 Å². The van der Waals surface area contributed by atoms with Crippen LogP contribution >= 0.6 is 0 Å². The van der Waals surface area contributed by atoms with Crippen LogP contribution in [0.15, 0.2) is 55.6 Å². The van der Waals surface area contributed by atoms with Crippen molar-refractivity contribution in [2.75, 3.05) is 6.54 Å². The molecule has 0 unspecified atom stereocenters. The summed E-state index contributed by atoms with van der Waals surface area (Å²) in [7, 11) is -1.89. The SMILES string of the molecule is C=CCN1[C@@H](c2ccccc2)[C@H](O[Si](C)(C)C(C)(C)C)[C@@H]2CCC[C@@]21C=C. The molecule has 27 heavy (non-hydrogen) atoms. The highest BCUT2D eigenvalue weighted by atomic mass is 28.4. The van der Waals surface area contributed by atoms with Gasteiger partial charge in [0.25, 0.3) is 0 Å². The molecule has 0 N–H and O–H groups in total. The summed E-state index contributed by atoms with van der Waals surface area (Å²) in [5.74, 6) is 0.509. The van der Waals surface area contributed by atoms with E-state index in [9.17, 15) is 0 Å². The fourth-order valence-electron chi connectivity index (χ4n) is 4.98. The van der Waals surface area contributed by atoms with Crippen molar-refractivity contribution in [2.24, 2.45) is 5.92 Å². The second-order valence-corrected chi connectivity index (χ2v) is 14.6. The second kappa shape index (κ2) is 7.34. The topological polar surface area (TPSA) is 12.5 Å². The number of rotatable bonds is 6. The number of hydrogen-bond acceptors (Lipinski definition) is 2. The van der Waals surface area contributed by atoms with E-state index in [0.29, 0.717) is 5.92 Å². The Kier molecular flexibility index (Phi) is 5.59. The van der Waals surface area contributed by atoms with Crippen LogP contribution in [-0.4, -0.2) is 31.4 Å². The van der Waals surface area contributed by atoms with Crippen molar-refractivity contribution < 1.29 is 4.43 Å². The molecule has 1 saturated heterocycles. The Morgan fingerprint density at radius 2 is 1.89 bits per heavy atom. The van der Waals surface area contributed by atoms with E-state index in [1.807, 2.05) is 6.08 Å². The quantitative estimate of drug-likeness (QED) is 0.419. The van der Waals surface area contributed by atoms with E-state index >= 15 is 0 Å². The predicted molar refractivity (Wildman–Crippen MR) is 118 cm³/mol. The maximum atomic E-state index is 7.16. The molecule has 0 spiro atoms. The van der Waals surface area contributed by atoms with Crippen molar-refractivity contribution >= 4 is 8.32 Å². The van der Waals surface area contributed by atoms with Crippen LogP contribution in [-0.2, 0) is 4.43 Å². The molecule has 2 nitrogen and oxygen atoms in total. The Morgan fingerprint density at radius 3 is 2.44 bits per heavy atom. The van der Waals surface area contributed by atoms with Gasteiger partial charge in [0.1, 0.15) is 0 Å². The molecule has 2 aliphatic rings. The lowest BCUT2D eigenvalue weighted by Gasteiger charge is -2.41. The van der Waals surface area contributed by atoms with Crippen LogP contribution in [0.1, 0.15) is 51.6 Å². The zero-order valence-electron chi connectivity index (χ0n) is 17.9. The van der Waals surface area contributed by atoms with Gasteiger partial charge in [-0.2, -0.15) is 0 Å². The van der Waals surface area contributed by atoms with Gasteiger partial charge >= 0.3 is 0 Å². The molecule has 1 aromatic carbocycles. The second-order valence-electron chi connectivity index (χ2n) is 9.83. The summed E-state index contributed by atoms with van der Waals surface area (Å²) in [6, 6.07) is 11.2. The third-order valence-electron chi connectivity index (χ3n) is 7.37. The summed E-state index contributed by atoms with van der Waals surface area (Å²) in [5, 5.41) is 0.204. The van der Waals surface area contributed by atoms with Crippen LogP contribution < -0.4 is 0 Å². The lowest BCUT2D eigenvalue weighted by molar-refractivity contribution is 0.0993. The molecule has 0 aromatic heterocycles. The molecule has 148 valence electrons. The molecule has 0 bridgehead atoms. The molecule has 1 aliphatic heterocycles. The van der Waals surface area contributed by atoms with E-state index in [1.54, 1.807) is 0 Å². The average Bonchev–Trinajstić information content (AvgIpc) is 3.13. The van der Waals surface area contributed by atoms with Crippen LogP contribution in [0.25, 0.3) is 0 Å². The fourth-order valence-corrected chi connectivity index (χ4v) is 6.31. The number of fused-ring (bicyclic) bond motifs is 1. The average molecular weight is 384 g/mol. The monoisotopic (exact) mass is 383 g/mol. The molecule has 0 amide bonds. The Balaban J connectivity index is 2.09. The van der Waals surface area contributed by atoms with E-state index in [-0.39, 0.29) is 22.7 Å². The third-order valence-corrected chi connectivity index (χ3v) is 11.8. The van der Waals surface area contributed by atoms with Crippen LogP contribution in [0, 0.1) is 5.92 Å². The lowest BCUT2D eigenvalue weighted by Crippen LogP contribution is -2.46. The van der Waals surface area contributed by atoms with Crippen molar-refractivity contribution in [2.45, 2.75) is 75.9 Å². The van der Waals surface area contributed by atoms with Crippen LogP contribution in [0.2, 0.25) is 18.1 Å². The molecule has 4 atom stereocenters. The number of benzene rings is 1. The molecule has 1 aromatic rings. The maximum absolute atomic E-state index is 7.16. The number of likely N-dealkylation sites (tertiary alicyclic amines) is 1. The first-order valence-electron chi connectivity index (χ1n) is 10.4. The van der Waals surface area contributed by atoms with Gasteiger partial charge in [-0.05, 0) is 36.5 Å². The van der Waals surface area contributed by atoms with E-state index in [0.717, 1.165) is 6.54 Å². The van der Waals surface area contributed by atoms with Gasteiger partial charge in [0.2, 0.25) is 0 Å². The molecule has 3 heteroatoms. The summed E-state index contributed by atoms with van der Waals surface area (Å²) < 4.78 is 7.16. The highest BCUT2D eigenvalue weighted by molar-refractivity contribution is 6.74. The molecule has 1 saturated carbocycles. The van der Waals surface area contributed by atoms with E-state index < -0.39 is 8.32 Å². The smallest absolute Gasteiger partial charge is 0.192 e. The van der Waals surface area contributed by atoms with E-state index in [4.69, 9.17) is 4.43 Å². The molecule has 1 aliphatic carbocycles. The van der Waals surface area contributed by atoms with Crippen molar-refractivity contribution in [3.05, 3.63) is 61.2 Å². The van der Waals surface area contributed by atoms with Gasteiger partial charge in [0.05, 0.1) is 12.1 Å². The summed E-state index contributed by atoms with van der Waals surface area (Å²) >= 11 is 0. The molecule has 1 heterocycles. The minimum atomic E-state index is -1.89. The lowest BCUT2D eigenvalue weighted by atomic mass is 9.86. The Morgan fingerprint density at radius 1 is 1.22 bits per heavy atom. The minimum absolute atomic E-state index is 0.0295. The van der Waals surface area contributed by atoms with E-state index in [1.165, 1.54) is 24.8 Å². The number of nitrogens with zero attached hydrogens (tertiary/aromatic N) is 1. The first-order chi connectivity index (χ1) is 12.7. The van der Waals surface area contributed by atoms with Crippen LogP contribution in [0.4, 0.5) is 0 Å². The molecular formula is C24H37NOSi. The standard InChI is InChI=1S/C24H37NOSi/c1-8-18-25-21(19-14-11-10-12-15-19)22(26-27(6,7)23(3,4)5)20-16-13-17-24(20,25)9-2/h8-12,14-15,20-22H,1-2,13,16-18H2,3-7H3/t20-,21-,22+,24-/m0/s1.